The molecule has 2 N–H and O–H groups in total. The van der Waals surface area contributed by atoms with Gasteiger partial charge in [-0.1, -0.05) is 12.1 Å². The van der Waals surface area contributed by atoms with Crippen molar-refractivity contribution in [3.8, 4) is 0 Å². The molecule has 0 radical (unpaired) electrons. The summed E-state index contributed by atoms with van der Waals surface area (Å²) < 4.78 is 1.89. The molecule has 0 bridgehead atoms. The zero-order chi connectivity index (χ0) is 16.8. The first-order chi connectivity index (χ1) is 11.0. The number of hydrogen-bond donors (Lipinski definition) is 2. The normalized spacial score (nSPS) is 10.1. The van der Waals surface area contributed by atoms with Gasteiger partial charge in [-0.25, -0.2) is 0 Å². The predicted molar refractivity (Wildman–Crippen MR) is 83.2 cm³/mol. The molecule has 0 atom stereocenters. The van der Waals surface area contributed by atoms with Crippen molar-refractivity contribution in [3.63, 3.8) is 0 Å². The van der Waals surface area contributed by atoms with Crippen LogP contribution in [0, 0.1) is 10.1 Å². The summed E-state index contributed by atoms with van der Waals surface area (Å²) in [4.78, 5) is 33.5. The van der Waals surface area contributed by atoms with E-state index in [2.05, 4.69) is 31.9 Å². The Kier molecular flexibility index (Phi) is 5.41. The van der Waals surface area contributed by atoms with Gasteiger partial charge < -0.3 is 0 Å². The first-order valence-corrected chi connectivity index (χ1v) is 7.27. The molecular weight excluding hydrogens is 370 g/mol. The molecule has 1 aromatic carbocycles. The smallest absolute Gasteiger partial charge is 0.273 e. The fourth-order valence-electron chi connectivity index (χ4n) is 1.69. The minimum atomic E-state index is -0.568. The molecule has 1 heterocycles. The fourth-order valence-corrected chi connectivity index (χ4v) is 2.15. The van der Waals surface area contributed by atoms with Crippen LogP contribution in [0.3, 0.4) is 0 Å². The Morgan fingerprint density at radius 2 is 2.04 bits per heavy atom. The molecule has 2 rings (SSSR count). The average molecular weight is 382 g/mol. The highest BCUT2D eigenvalue weighted by Crippen LogP contribution is 2.15. The highest BCUT2D eigenvalue weighted by Gasteiger charge is 2.12. The summed E-state index contributed by atoms with van der Waals surface area (Å²) in [5, 5.41) is 14.3. The molecule has 2 amide bonds. The molecule has 0 unspecified atom stereocenters. The third kappa shape index (κ3) is 4.61. The molecule has 1 aromatic heterocycles. The van der Waals surface area contributed by atoms with Crippen LogP contribution in [0.2, 0.25) is 0 Å². The number of nitro groups is 1. The molecule has 0 fully saturated rings. The maximum absolute atomic E-state index is 11.9. The summed E-state index contributed by atoms with van der Waals surface area (Å²) in [5.74, 6) is -0.899. The number of benzene rings is 1. The zero-order valence-corrected chi connectivity index (χ0v) is 13.3. The Morgan fingerprint density at radius 3 is 2.70 bits per heavy atom. The summed E-state index contributed by atoms with van der Waals surface area (Å²) in [6.07, 6.45) is 2.34. The van der Waals surface area contributed by atoms with Gasteiger partial charge in [0, 0.05) is 10.9 Å². The molecular formula is C13H12BrN5O4. The minimum absolute atomic E-state index is 0.00900. The van der Waals surface area contributed by atoms with Crippen LogP contribution in [0.4, 0.5) is 5.69 Å². The molecule has 0 spiro atoms. The summed E-state index contributed by atoms with van der Waals surface area (Å²) >= 11 is 3.24. The van der Waals surface area contributed by atoms with Crippen molar-refractivity contribution in [2.45, 2.75) is 13.0 Å². The van der Waals surface area contributed by atoms with E-state index in [0.29, 0.717) is 10.0 Å². The lowest BCUT2D eigenvalue weighted by atomic mass is 10.2. The molecule has 0 aliphatic rings. The Hall–Kier alpha value is -2.75. The van der Waals surface area contributed by atoms with Gasteiger partial charge in [-0.3, -0.25) is 35.2 Å². The van der Waals surface area contributed by atoms with E-state index in [1.165, 1.54) is 10.9 Å². The summed E-state index contributed by atoms with van der Waals surface area (Å²) in [7, 11) is 0. The highest BCUT2D eigenvalue weighted by atomic mass is 79.9. The van der Waals surface area contributed by atoms with Crippen LogP contribution in [-0.4, -0.2) is 26.5 Å². The van der Waals surface area contributed by atoms with Crippen LogP contribution in [0.15, 0.2) is 41.1 Å². The van der Waals surface area contributed by atoms with Gasteiger partial charge >= 0.3 is 5.69 Å². The van der Waals surface area contributed by atoms with Gasteiger partial charge in [0.25, 0.3) is 5.91 Å². The van der Waals surface area contributed by atoms with Gasteiger partial charge in [0.2, 0.25) is 5.91 Å². The molecule has 10 heteroatoms. The number of hydrogen-bond acceptors (Lipinski definition) is 5. The predicted octanol–water partition coefficient (Wildman–Crippen LogP) is 1.41. The Balaban J connectivity index is 1.80. The van der Waals surface area contributed by atoms with Crippen LogP contribution in [0.5, 0.6) is 0 Å². The lowest BCUT2D eigenvalue weighted by molar-refractivity contribution is -0.385. The second-order valence-electron chi connectivity index (χ2n) is 4.45. The molecule has 120 valence electrons. The minimum Gasteiger partial charge on any atom is -0.273 e. The van der Waals surface area contributed by atoms with Crippen LogP contribution in [0.1, 0.15) is 16.8 Å². The first kappa shape index (κ1) is 16.6. The number of aryl methyl sites for hydroxylation is 1. The lowest BCUT2D eigenvalue weighted by Gasteiger charge is -2.08. The van der Waals surface area contributed by atoms with Gasteiger partial charge in [-0.05, 0) is 28.1 Å². The average Bonchev–Trinajstić information content (AvgIpc) is 3.00. The summed E-state index contributed by atoms with van der Waals surface area (Å²) in [6, 6.07) is 6.78. The van der Waals surface area contributed by atoms with E-state index in [9.17, 15) is 19.7 Å². The van der Waals surface area contributed by atoms with Gasteiger partial charge in [0.1, 0.15) is 12.4 Å². The first-order valence-electron chi connectivity index (χ1n) is 6.48. The van der Waals surface area contributed by atoms with Crippen molar-refractivity contribution in [2.24, 2.45) is 0 Å². The quantitative estimate of drug-likeness (QED) is 0.599. The number of rotatable bonds is 5. The third-order valence-corrected chi connectivity index (χ3v) is 3.52. The van der Waals surface area contributed by atoms with Gasteiger partial charge in [-0.15, -0.1) is 0 Å². The maximum Gasteiger partial charge on any atom is 0.306 e. The van der Waals surface area contributed by atoms with Crippen molar-refractivity contribution in [1.29, 1.82) is 0 Å². The number of nitrogens with one attached hydrogen (secondary N) is 2. The van der Waals surface area contributed by atoms with Crippen molar-refractivity contribution in [3.05, 3.63) is 56.8 Å². The second kappa shape index (κ2) is 7.49. The van der Waals surface area contributed by atoms with Crippen LogP contribution < -0.4 is 10.9 Å². The highest BCUT2D eigenvalue weighted by molar-refractivity contribution is 9.10. The van der Waals surface area contributed by atoms with Gasteiger partial charge in [-0.2, -0.15) is 5.10 Å². The fraction of sp³-hybridized carbons (Fsp3) is 0.154. The van der Waals surface area contributed by atoms with E-state index in [1.807, 2.05) is 0 Å². The number of carbonyl (C=O) groups excluding carboxylic acids is 2. The SMILES string of the molecule is O=C(CCn1cc([N+](=O)[O-])cn1)NNC(=O)c1ccccc1Br. The number of amides is 2. The molecule has 9 nitrogen and oxygen atoms in total. The molecule has 23 heavy (non-hydrogen) atoms. The van der Waals surface area contributed by atoms with Crippen molar-refractivity contribution >= 4 is 33.4 Å². The van der Waals surface area contributed by atoms with Crippen molar-refractivity contribution in [2.75, 3.05) is 0 Å². The molecule has 0 aliphatic heterocycles. The molecule has 0 aliphatic carbocycles. The summed E-state index contributed by atoms with van der Waals surface area (Å²) in [6.45, 7) is 0.157. The van der Waals surface area contributed by atoms with E-state index >= 15 is 0 Å². The molecule has 0 saturated heterocycles. The van der Waals surface area contributed by atoms with Crippen LogP contribution >= 0.6 is 15.9 Å². The summed E-state index contributed by atoms with van der Waals surface area (Å²) in [5.41, 5.74) is 4.81. The number of aromatic nitrogens is 2. The maximum atomic E-state index is 11.9. The standard InChI is InChI=1S/C13H12BrN5O4/c14-11-4-2-1-3-10(11)13(21)17-16-12(20)5-6-18-8-9(7-15-18)19(22)23/h1-4,7-8H,5-6H2,(H,16,20)(H,17,21). The number of carbonyl (C=O) groups is 2. The second-order valence-corrected chi connectivity index (χ2v) is 5.31. The van der Waals surface area contributed by atoms with E-state index in [4.69, 9.17) is 0 Å². The topological polar surface area (TPSA) is 119 Å². The lowest BCUT2D eigenvalue weighted by Crippen LogP contribution is -2.42. The Labute approximate surface area is 138 Å². The monoisotopic (exact) mass is 381 g/mol. The van der Waals surface area contributed by atoms with Gasteiger partial charge in [0.15, 0.2) is 0 Å². The number of halogens is 1. The van der Waals surface area contributed by atoms with Crippen molar-refractivity contribution in [1.82, 2.24) is 20.6 Å². The van der Waals surface area contributed by atoms with E-state index < -0.39 is 16.7 Å². The van der Waals surface area contributed by atoms with Crippen LogP contribution in [-0.2, 0) is 11.3 Å². The Morgan fingerprint density at radius 1 is 1.30 bits per heavy atom. The number of hydrazine groups is 1. The largest absolute Gasteiger partial charge is 0.306 e. The van der Waals surface area contributed by atoms with E-state index in [0.717, 1.165) is 6.20 Å². The van der Waals surface area contributed by atoms with Crippen molar-refractivity contribution < 1.29 is 14.5 Å². The van der Waals surface area contributed by atoms with Crippen LogP contribution in [0.25, 0.3) is 0 Å². The molecule has 2 aromatic rings. The third-order valence-electron chi connectivity index (χ3n) is 2.83. The molecule has 0 saturated carbocycles. The zero-order valence-electron chi connectivity index (χ0n) is 11.7. The number of nitrogens with zero attached hydrogens (tertiary/aromatic N) is 3. The van der Waals surface area contributed by atoms with Gasteiger partial charge in [0.05, 0.1) is 17.0 Å². The van der Waals surface area contributed by atoms with E-state index in [1.54, 1.807) is 24.3 Å². The Bertz CT molecular complexity index is 745. The van der Waals surface area contributed by atoms with E-state index in [-0.39, 0.29) is 18.7 Å².